The Balaban J connectivity index is 1.99. The van der Waals surface area contributed by atoms with Gasteiger partial charge in [-0.05, 0) is 50.5 Å². The molecule has 0 aliphatic rings. The Morgan fingerprint density at radius 3 is 2.57 bits per heavy atom. The number of unbranched alkanes of at least 4 members (excludes halogenated alkanes) is 2. The SMILES string of the molecule is CCCCCOc1cc(C)c(C=NNc2nc(C)cs2)c(C)c1. The lowest BCUT2D eigenvalue weighted by molar-refractivity contribution is 0.306. The highest BCUT2D eigenvalue weighted by atomic mass is 32.1. The molecule has 0 atom stereocenters. The Labute approximate surface area is 142 Å². The lowest BCUT2D eigenvalue weighted by Gasteiger charge is -2.11. The first-order chi connectivity index (χ1) is 11.1. The third kappa shape index (κ3) is 5.36. The van der Waals surface area contributed by atoms with Gasteiger partial charge in [0, 0.05) is 10.9 Å². The summed E-state index contributed by atoms with van der Waals surface area (Å²) in [6, 6.07) is 4.15. The first kappa shape index (κ1) is 17.5. The van der Waals surface area contributed by atoms with Gasteiger partial charge in [-0.25, -0.2) is 4.98 Å². The van der Waals surface area contributed by atoms with Crippen LogP contribution in [0.4, 0.5) is 5.13 Å². The van der Waals surface area contributed by atoms with Crippen molar-refractivity contribution in [2.24, 2.45) is 5.10 Å². The number of benzene rings is 1. The van der Waals surface area contributed by atoms with E-state index in [2.05, 4.69) is 48.4 Å². The van der Waals surface area contributed by atoms with Gasteiger partial charge in [0.1, 0.15) is 5.75 Å². The second-order valence-electron chi connectivity index (χ2n) is 5.69. The van der Waals surface area contributed by atoms with E-state index in [1.54, 1.807) is 11.3 Å². The first-order valence-electron chi connectivity index (χ1n) is 8.05. The molecule has 23 heavy (non-hydrogen) atoms. The van der Waals surface area contributed by atoms with Crippen LogP contribution in [0, 0.1) is 20.8 Å². The summed E-state index contributed by atoms with van der Waals surface area (Å²) in [5, 5.41) is 7.10. The standard InChI is InChI=1S/C18H25N3OS/c1-5-6-7-8-22-16-9-13(2)17(14(3)10-16)11-19-21-18-20-15(4)12-23-18/h9-12H,5-8H2,1-4H3,(H,20,21). The maximum Gasteiger partial charge on any atom is 0.203 e. The molecule has 2 rings (SSSR count). The van der Waals surface area contributed by atoms with Crippen molar-refractivity contribution in [1.82, 2.24) is 4.98 Å². The van der Waals surface area contributed by atoms with Crippen LogP contribution in [-0.4, -0.2) is 17.8 Å². The fourth-order valence-electron chi connectivity index (χ4n) is 2.32. The van der Waals surface area contributed by atoms with E-state index in [0.717, 1.165) is 46.3 Å². The van der Waals surface area contributed by atoms with Crippen LogP contribution < -0.4 is 10.2 Å². The first-order valence-corrected chi connectivity index (χ1v) is 8.93. The van der Waals surface area contributed by atoms with Gasteiger partial charge >= 0.3 is 0 Å². The lowest BCUT2D eigenvalue weighted by Crippen LogP contribution is -2.00. The minimum atomic E-state index is 0.783. The minimum Gasteiger partial charge on any atom is -0.494 e. The molecule has 0 radical (unpaired) electrons. The number of nitrogens with zero attached hydrogens (tertiary/aromatic N) is 2. The largest absolute Gasteiger partial charge is 0.494 e. The van der Waals surface area contributed by atoms with Gasteiger partial charge in [0.15, 0.2) is 0 Å². The van der Waals surface area contributed by atoms with E-state index in [4.69, 9.17) is 4.74 Å². The molecule has 0 aliphatic carbocycles. The Morgan fingerprint density at radius 1 is 1.22 bits per heavy atom. The van der Waals surface area contributed by atoms with Gasteiger partial charge in [-0.3, -0.25) is 5.43 Å². The van der Waals surface area contributed by atoms with Gasteiger partial charge in [0.2, 0.25) is 5.13 Å². The van der Waals surface area contributed by atoms with Crippen LogP contribution in [0.1, 0.15) is 48.6 Å². The second-order valence-corrected chi connectivity index (χ2v) is 6.55. The molecule has 0 saturated carbocycles. The average molecular weight is 331 g/mol. The topological polar surface area (TPSA) is 46.5 Å². The Bertz CT molecular complexity index is 641. The molecular weight excluding hydrogens is 306 g/mol. The molecule has 0 bridgehead atoms. The molecular formula is C18H25N3OS. The monoisotopic (exact) mass is 331 g/mol. The highest BCUT2D eigenvalue weighted by molar-refractivity contribution is 7.13. The smallest absolute Gasteiger partial charge is 0.203 e. The van der Waals surface area contributed by atoms with Crippen molar-refractivity contribution in [2.75, 3.05) is 12.0 Å². The molecule has 0 spiro atoms. The van der Waals surface area contributed by atoms with Crippen LogP contribution in [0.25, 0.3) is 0 Å². The zero-order valence-corrected chi connectivity index (χ0v) is 15.2. The van der Waals surface area contributed by atoms with Crippen molar-refractivity contribution in [1.29, 1.82) is 0 Å². The van der Waals surface area contributed by atoms with Crippen molar-refractivity contribution in [3.8, 4) is 5.75 Å². The third-order valence-electron chi connectivity index (χ3n) is 3.56. The van der Waals surface area contributed by atoms with Gasteiger partial charge in [-0.1, -0.05) is 19.8 Å². The highest BCUT2D eigenvalue weighted by Gasteiger charge is 2.04. The Hall–Kier alpha value is -1.88. The van der Waals surface area contributed by atoms with Crippen LogP contribution in [-0.2, 0) is 0 Å². The van der Waals surface area contributed by atoms with Gasteiger partial charge in [-0.2, -0.15) is 5.10 Å². The van der Waals surface area contributed by atoms with Crippen molar-refractivity contribution >= 4 is 22.7 Å². The van der Waals surface area contributed by atoms with E-state index >= 15 is 0 Å². The summed E-state index contributed by atoms with van der Waals surface area (Å²) in [5.41, 5.74) is 7.43. The van der Waals surface area contributed by atoms with Crippen molar-refractivity contribution in [3.63, 3.8) is 0 Å². The van der Waals surface area contributed by atoms with Gasteiger partial charge in [0.25, 0.3) is 0 Å². The summed E-state index contributed by atoms with van der Waals surface area (Å²) in [5.74, 6) is 0.941. The van der Waals surface area contributed by atoms with E-state index in [1.807, 2.05) is 18.5 Å². The third-order valence-corrected chi connectivity index (χ3v) is 4.42. The number of nitrogens with one attached hydrogen (secondary N) is 1. The number of hydrogen-bond acceptors (Lipinski definition) is 5. The molecule has 1 heterocycles. The van der Waals surface area contributed by atoms with Crippen molar-refractivity contribution < 1.29 is 4.74 Å². The number of thiazole rings is 1. The van der Waals surface area contributed by atoms with Crippen LogP contribution in [0.15, 0.2) is 22.6 Å². The lowest BCUT2D eigenvalue weighted by atomic mass is 10.0. The zero-order chi connectivity index (χ0) is 16.7. The van der Waals surface area contributed by atoms with Gasteiger partial charge in [0.05, 0.1) is 18.5 Å². The quantitative estimate of drug-likeness (QED) is 0.417. The Kier molecular flexibility index (Phi) is 6.59. The fourth-order valence-corrected chi connectivity index (χ4v) is 2.96. The molecule has 1 aromatic carbocycles. The van der Waals surface area contributed by atoms with Crippen LogP contribution in [0.2, 0.25) is 0 Å². The number of hydrogen-bond donors (Lipinski definition) is 1. The molecule has 1 aromatic heterocycles. The van der Waals surface area contributed by atoms with Crippen LogP contribution in [0.3, 0.4) is 0 Å². The summed E-state index contributed by atoms with van der Waals surface area (Å²) < 4.78 is 5.83. The summed E-state index contributed by atoms with van der Waals surface area (Å²) in [4.78, 5) is 4.32. The summed E-state index contributed by atoms with van der Waals surface area (Å²) in [6.07, 6.45) is 5.38. The summed E-state index contributed by atoms with van der Waals surface area (Å²) in [6.45, 7) is 9.12. The number of anilines is 1. The molecule has 0 aliphatic heterocycles. The molecule has 0 amide bonds. The van der Waals surface area contributed by atoms with Gasteiger partial charge in [-0.15, -0.1) is 11.3 Å². The predicted molar refractivity (Wildman–Crippen MR) is 99.0 cm³/mol. The van der Waals surface area contributed by atoms with Crippen LogP contribution >= 0.6 is 11.3 Å². The van der Waals surface area contributed by atoms with Crippen molar-refractivity contribution in [3.05, 3.63) is 39.9 Å². The van der Waals surface area contributed by atoms with E-state index in [9.17, 15) is 0 Å². The van der Waals surface area contributed by atoms with E-state index in [-0.39, 0.29) is 0 Å². The molecule has 0 fully saturated rings. The molecule has 2 aromatic rings. The number of ether oxygens (including phenoxy) is 1. The number of hydrazone groups is 1. The van der Waals surface area contributed by atoms with Crippen molar-refractivity contribution in [2.45, 2.75) is 47.0 Å². The minimum absolute atomic E-state index is 0.783. The molecule has 1 N–H and O–H groups in total. The highest BCUT2D eigenvalue weighted by Crippen LogP contribution is 2.21. The fraction of sp³-hybridized carbons (Fsp3) is 0.444. The number of rotatable bonds is 8. The van der Waals surface area contributed by atoms with Crippen LogP contribution in [0.5, 0.6) is 5.75 Å². The van der Waals surface area contributed by atoms with Gasteiger partial charge < -0.3 is 4.74 Å². The maximum absolute atomic E-state index is 5.83. The second kappa shape index (κ2) is 8.67. The normalized spacial score (nSPS) is 11.1. The van der Waals surface area contributed by atoms with E-state index in [1.165, 1.54) is 12.8 Å². The maximum atomic E-state index is 5.83. The number of aryl methyl sites for hydroxylation is 3. The molecule has 0 unspecified atom stereocenters. The van der Waals surface area contributed by atoms with E-state index in [0.29, 0.717) is 0 Å². The number of aromatic nitrogens is 1. The Morgan fingerprint density at radius 2 is 1.96 bits per heavy atom. The zero-order valence-electron chi connectivity index (χ0n) is 14.3. The average Bonchev–Trinajstić information content (AvgIpc) is 2.92. The molecule has 5 heteroatoms. The molecule has 124 valence electrons. The van der Waals surface area contributed by atoms with E-state index < -0.39 is 0 Å². The molecule has 4 nitrogen and oxygen atoms in total. The predicted octanol–water partition coefficient (Wildman–Crippen LogP) is 5.08. The molecule has 0 saturated heterocycles. The summed E-state index contributed by atoms with van der Waals surface area (Å²) in [7, 11) is 0. The summed E-state index contributed by atoms with van der Waals surface area (Å²) >= 11 is 1.55.